The molecule has 6 nitrogen and oxygen atoms in total. The summed E-state index contributed by atoms with van der Waals surface area (Å²) in [5, 5.41) is 7.57. The Morgan fingerprint density at radius 1 is 1.14 bits per heavy atom. The molecule has 3 aromatic rings. The van der Waals surface area contributed by atoms with Crippen LogP contribution in [0.4, 0.5) is 10.2 Å². The number of thioether (sulfide) groups is 1. The van der Waals surface area contributed by atoms with Crippen LogP contribution in [0.15, 0.2) is 48.5 Å². The van der Waals surface area contributed by atoms with E-state index in [9.17, 15) is 9.18 Å². The summed E-state index contributed by atoms with van der Waals surface area (Å²) >= 11 is 1.76. The minimum absolute atomic E-state index is 0.179. The number of carbonyl (C=O) groups is 1. The van der Waals surface area contributed by atoms with Crippen molar-refractivity contribution in [2.24, 2.45) is 0 Å². The number of fused-ring (bicyclic) bond motifs is 1. The highest BCUT2D eigenvalue weighted by Crippen LogP contribution is 2.36. The maximum absolute atomic E-state index is 13.0. The first-order chi connectivity index (χ1) is 13.6. The minimum atomic E-state index is -0.353. The predicted molar refractivity (Wildman–Crippen MR) is 106 cm³/mol. The number of anilines is 1. The van der Waals surface area contributed by atoms with E-state index in [2.05, 4.69) is 10.4 Å². The van der Waals surface area contributed by atoms with Crippen molar-refractivity contribution in [1.29, 1.82) is 0 Å². The van der Waals surface area contributed by atoms with Crippen molar-refractivity contribution in [2.45, 2.75) is 11.5 Å². The standard InChI is InChI=1S/C20H18FN3O3S/c1-26-15-8-4-14(5-9-15)24-20(17-11-28-12-18(17)23-24)22-19(25)10-27-16-6-2-13(21)3-7-16/h2-9H,10-12H2,1H3,(H,22,25). The van der Waals surface area contributed by atoms with Gasteiger partial charge in [0, 0.05) is 17.1 Å². The molecule has 1 aromatic heterocycles. The summed E-state index contributed by atoms with van der Waals surface area (Å²) in [5.41, 5.74) is 2.82. The third-order valence-electron chi connectivity index (χ3n) is 4.31. The van der Waals surface area contributed by atoms with Crippen LogP contribution >= 0.6 is 11.8 Å². The van der Waals surface area contributed by atoms with Gasteiger partial charge in [0.25, 0.3) is 5.91 Å². The van der Waals surface area contributed by atoms with Crippen molar-refractivity contribution in [3.63, 3.8) is 0 Å². The molecule has 0 radical (unpaired) electrons. The maximum atomic E-state index is 13.0. The Morgan fingerprint density at radius 2 is 1.86 bits per heavy atom. The Kier molecular flexibility index (Phi) is 5.21. The maximum Gasteiger partial charge on any atom is 0.263 e. The van der Waals surface area contributed by atoms with Crippen molar-refractivity contribution in [1.82, 2.24) is 9.78 Å². The number of carbonyl (C=O) groups excluding carboxylic acids is 1. The number of halogens is 1. The van der Waals surface area contributed by atoms with Crippen LogP contribution in [-0.4, -0.2) is 29.4 Å². The molecule has 8 heteroatoms. The molecule has 0 unspecified atom stereocenters. The zero-order valence-electron chi connectivity index (χ0n) is 15.1. The molecule has 4 rings (SSSR count). The molecular weight excluding hydrogens is 381 g/mol. The first-order valence-corrected chi connectivity index (χ1v) is 9.80. The smallest absolute Gasteiger partial charge is 0.263 e. The van der Waals surface area contributed by atoms with Gasteiger partial charge >= 0.3 is 0 Å². The fourth-order valence-electron chi connectivity index (χ4n) is 2.90. The van der Waals surface area contributed by atoms with Crippen molar-refractivity contribution in [3.05, 3.63) is 65.6 Å². The third kappa shape index (κ3) is 3.82. The molecule has 0 saturated heterocycles. The van der Waals surface area contributed by atoms with E-state index in [1.807, 2.05) is 24.3 Å². The highest BCUT2D eigenvalue weighted by molar-refractivity contribution is 7.98. The van der Waals surface area contributed by atoms with Gasteiger partial charge in [-0.1, -0.05) is 0 Å². The number of aromatic nitrogens is 2. The lowest BCUT2D eigenvalue weighted by Gasteiger charge is -2.12. The minimum Gasteiger partial charge on any atom is -0.497 e. The van der Waals surface area contributed by atoms with Gasteiger partial charge in [-0.15, -0.1) is 0 Å². The van der Waals surface area contributed by atoms with Crippen LogP contribution in [0.5, 0.6) is 11.5 Å². The molecule has 0 atom stereocenters. The summed E-state index contributed by atoms with van der Waals surface area (Å²) in [6.45, 7) is -0.179. The second-order valence-electron chi connectivity index (χ2n) is 6.17. The lowest BCUT2D eigenvalue weighted by Crippen LogP contribution is -2.22. The predicted octanol–water partition coefficient (Wildman–Crippen LogP) is 3.78. The summed E-state index contributed by atoms with van der Waals surface area (Å²) in [7, 11) is 1.61. The van der Waals surface area contributed by atoms with Crippen LogP contribution in [0.3, 0.4) is 0 Å². The summed E-state index contributed by atoms with van der Waals surface area (Å²) in [5.74, 6) is 2.77. The van der Waals surface area contributed by atoms with Crippen molar-refractivity contribution >= 4 is 23.5 Å². The number of nitrogens with one attached hydrogen (secondary N) is 1. The molecule has 0 saturated carbocycles. The van der Waals surface area contributed by atoms with Gasteiger partial charge in [-0.2, -0.15) is 16.9 Å². The van der Waals surface area contributed by atoms with E-state index in [-0.39, 0.29) is 18.3 Å². The third-order valence-corrected chi connectivity index (χ3v) is 5.28. The Hall–Kier alpha value is -3.00. The zero-order chi connectivity index (χ0) is 19.5. The number of ether oxygens (including phenoxy) is 2. The summed E-state index contributed by atoms with van der Waals surface area (Å²) < 4.78 is 25.3. The Balaban J connectivity index is 1.53. The lowest BCUT2D eigenvalue weighted by molar-refractivity contribution is -0.118. The van der Waals surface area contributed by atoms with Crippen molar-refractivity contribution in [3.8, 4) is 17.2 Å². The van der Waals surface area contributed by atoms with Crippen molar-refractivity contribution < 1.29 is 18.7 Å². The second-order valence-corrected chi connectivity index (χ2v) is 7.15. The highest BCUT2D eigenvalue weighted by atomic mass is 32.2. The average Bonchev–Trinajstić information content (AvgIpc) is 3.30. The van der Waals surface area contributed by atoms with Gasteiger partial charge in [0.2, 0.25) is 0 Å². The fourth-order valence-corrected chi connectivity index (χ4v) is 3.93. The number of hydrogen-bond acceptors (Lipinski definition) is 5. The summed E-state index contributed by atoms with van der Waals surface area (Å²) in [6, 6.07) is 13.0. The van der Waals surface area contributed by atoms with E-state index >= 15 is 0 Å². The first kappa shape index (κ1) is 18.4. The average molecular weight is 399 g/mol. The van der Waals surface area contributed by atoms with Gasteiger partial charge in [-0.3, -0.25) is 4.79 Å². The summed E-state index contributed by atoms with van der Waals surface area (Å²) in [6.07, 6.45) is 0. The van der Waals surface area contributed by atoms with E-state index in [1.54, 1.807) is 23.6 Å². The quantitative estimate of drug-likeness (QED) is 0.683. The van der Waals surface area contributed by atoms with Crippen molar-refractivity contribution in [2.75, 3.05) is 19.0 Å². The molecule has 0 fully saturated rings. The monoisotopic (exact) mass is 399 g/mol. The molecule has 1 aliphatic rings. The molecule has 1 aliphatic heterocycles. The van der Waals surface area contributed by atoms with E-state index in [1.165, 1.54) is 24.3 Å². The van der Waals surface area contributed by atoms with Gasteiger partial charge in [0.1, 0.15) is 23.1 Å². The van der Waals surface area contributed by atoms with Crippen LogP contribution in [0.2, 0.25) is 0 Å². The van der Waals surface area contributed by atoms with Crippen LogP contribution < -0.4 is 14.8 Å². The number of benzene rings is 2. The van der Waals surface area contributed by atoms with Gasteiger partial charge in [0.15, 0.2) is 6.61 Å². The molecule has 1 amide bonds. The van der Waals surface area contributed by atoms with E-state index in [4.69, 9.17) is 9.47 Å². The molecule has 0 spiro atoms. The van der Waals surface area contributed by atoms with Gasteiger partial charge in [0.05, 0.1) is 18.5 Å². The number of amides is 1. The van der Waals surface area contributed by atoms with E-state index in [0.717, 1.165) is 34.2 Å². The molecular formula is C20H18FN3O3S. The van der Waals surface area contributed by atoms with E-state index < -0.39 is 0 Å². The largest absolute Gasteiger partial charge is 0.497 e. The Morgan fingerprint density at radius 3 is 2.57 bits per heavy atom. The Bertz CT molecular complexity index is 987. The number of hydrogen-bond donors (Lipinski definition) is 1. The highest BCUT2D eigenvalue weighted by Gasteiger charge is 2.24. The molecule has 2 heterocycles. The van der Waals surface area contributed by atoms with Gasteiger partial charge in [-0.05, 0) is 48.5 Å². The molecule has 1 N–H and O–H groups in total. The molecule has 144 valence electrons. The van der Waals surface area contributed by atoms with Gasteiger partial charge < -0.3 is 14.8 Å². The number of rotatable bonds is 6. The molecule has 0 aliphatic carbocycles. The Labute approximate surface area is 165 Å². The van der Waals surface area contributed by atoms with Crippen LogP contribution in [-0.2, 0) is 16.3 Å². The zero-order valence-corrected chi connectivity index (χ0v) is 16.0. The lowest BCUT2D eigenvalue weighted by atomic mass is 10.2. The number of methoxy groups -OCH3 is 1. The molecule has 28 heavy (non-hydrogen) atoms. The van der Waals surface area contributed by atoms with E-state index in [0.29, 0.717) is 11.6 Å². The van der Waals surface area contributed by atoms with Gasteiger partial charge in [-0.25, -0.2) is 9.07 Å². The van der Waals surface area contributed by atoms with Crippen LogP contribution in [0.1, 0.15) is 11.3 Å². The first-order valence-electron chi connectivity index (χ1n) is 8.65. The van der Waals surface area contributed by atoms with Crippen LogP contribution in [0.25, 0.3) is 5.69 Å². The number of nitrogens with zero attached hydrogens (tertiary/aromatic N) is 2. The topological polar surface area (TPSA) is 65.4 Å². The fraction of sp³-hybridized carbons (Fsp3) is 0.200. The molecule has 2 aromatic carbocycles. The summed E-state index contributed by atoms with van der Waals surface area (Å²) in [4.78, 5) is 12.5. The molecule has 0 bridgehead atoms. The SMILES string of the molecule is COc1ccc(-n2nc3c(c2NC(=O)COc2ccc(F)cc2)CSC3)cc1. The van der Waals surface area contributed by atoms with Crippen LogP contribution in [0, 0.1) is 5.82 Å². The second kappa shape index (κ2) is 7.93. The normalized spacial score (nSPS) is 12.5.